The predicted octanol–water partition coefficient (Wildman–Crippen LogP) is 2.53. The predicted molar refractivity (Wildman–Crippen MR) is 89.8 cm³/mol. The van der Waals surface area contributed by atoms with Gasteiger partial charge in [0.05, 0.1) is 18.2 Å². The lowest BCUT2D eigenvalue weighted by Gasteiger charge is -2.24. The topological polar surface area (TPSA) is 57.2 Å². The first kappa shape index (κ1) is 17.0. The standard InChI is InChI=1S/C19H25NO5/c21-19(14-6-2-1-3-7-14)24-17-9-10-20-16(17)12-15(25-20)13-23-18-8-4-5-11-22-18/h1-3,6-7,15-18H,4-5,8-13H2/t15-,16-,17+,18?/m1/s1. The minimum Gasteiger partial charge on any atom is -0.457 e. The molecule has 0 aliphatic carbocycles. The van der Waals surface area contributed by atoms with Crippen LogP contribution in [-0.4, -0.2) is 55.3 Å². The smallest absolute Gasteiger partial charge is 0.338 e. The molecule has 6 heteroatoms. The van der Waals surface area contributed by atoms with Crippen LogP contribution in [0, 0.1) is 0 Å². The van der Waals surface area contributed by atoms with E-state index in [1.807, 2.05) is 23.3 Å². The molecule has 1 aromatic carbocycles. The van der Waals surface area contributed by atoms with Gasteiger partial charge in [0.25, 0.3) is 0 Å². The molecule has 3 fully saturated rings. The van der Waals surface area contributed by atoms with Crippen molar-refractivity contribution in [1.29, 1.82) is 0 Å². The zero-order valence-electron chi connectivity index (χ0n) is 14.3. The number of carbonyl (C=O) groups is 1. The minimum atomic E-state index is -0.261. The molecule has 0 amide bonds. The average Bonchev–Trinajstić information content (AvgIpc) is 3.23. The Morgan fingerprint density at radius 3 is 2.88 bits per heavy atom. The van der Waals surface area contributed by atoms with Crippen LogP contribution in [0.2, 0.25) is 0 Å². The van der Waals surface area contributed by atoms with Gasteiger partial charge in [-0.3, -0.25) is 4.84 Å². The maximum absolute atomic E-state index is 12.3. The van der Waals surface area contributed by atoms with Gasteiger partial charge in [0.1, 0.15) is 12.2 Å². The summed E-state index contributed by atoms with van der Waals surface area (Å²) in [7, 11) is 0. The van der Waals surface area contributed by atoms with Gasteiger partial charge >= 0.3 is 5.97 Å². The molecule has 1 unspecified atom stereocenters. The van der Waals surface area contributed by atoms with Crippen molar-refractivity contribution in [3.63, 3.8) is 0 Å². The average molecular weight is 347 g/mol. The van der Waals surface area contributed by atoms with Gasteiger partial charge in [-0.15, -0.1) is 0 Å². The van der Waals surface area contributed by atoms with Crippen molar-refractivity contribution in [3.8, 4) is 0 Å². The van der Waals surface area contributed by atoms with Gasteiger partial charge in [-0.1, -0.05) is 18.2 Å². The molecule has 3 saturated heterocycles. The van der Waals surface area contributed by atoms with Crippen molar-refractivity contribution in [2.24, 2.45) is 0 Å². The zero-order chi connectivity index (χ0) is 17.1. The molecule has 6 nitrogen and oxygen atoms in total. The van der Waals surface area contributed by atoms with E-state index < -0.39 is 0 Å². The van der Waals surface area contributed by atoms with Crippen LogP contribution in [0.25, 0.3) is 0 Å². The third-order valence-corrected chi connectivity index (χ3v) is 5.10. The number of ether oxygens (including phenoxy) is 3. The highest BCUT2D eigenvalue weighted by atomic mass is 16.7. The molecule has 4 rings (SSSR count). The number of fused-ring (bicyclic) bond motifs is 1. The molecule has 0 aromatic heterocycles. The first-order valence-corrected chi connectivity index (χ1v) is 9.22. The number of hydrogen-bond donors (Lipinski definition) is 0. The summed E-state index contributed by atoms with van der Waals surface area (Å²) in [6, 6.07) is 9.25. The van der Waals surface area contributed by atoms with Crippen LogP contribution in [0.4, 0.5) is 0 Å². The Balaban J connectivity index is 1.27. The Bertz CT molecular complexity index is 574. The number of benzene rings is 1. The summed E-state index contributed by atoms with van der Waals surface area (Å²) < 4.78 is 17.2. The van der Waals surface area contributed by atoms with E-state index in [9.17, 15) is 4.79 Å². The van der Waals surface area contributed by atoms with Gasteiger partial charge in [-0.05, 0) is 37.8 Å². The fourth-order valence-corrected chi connectivity index (χ4v) is 3.78. The number of esters is 1. The zero-order valence-corrected chi connectivity index (χ0v) is 14.3. The van der Waals surface area contributed by atoms with Crippen LogP contribution in [-0.2, 0) is 19.0 Å². The van der Waals surface area contributed by atoms with Crippen LogP contribution in [0.1, 0.15) is 42.5 Å². The normalized spacial score (nSPS) is 32.5. The van der Waals surface area contributed by atoms with E-state index in [0.29, 0.717) is 12.2 Å². The van der Waals surface area contributed by atoms with Crippen LogP contribution in [0.5, 0.6) is 0 Å². The van der Waals surface area contributed by atoms with Crippen LogP contribution >= 0.6 is 0 Å². The second-order valence-electron chi connectivity index (χ2n) is 6.90. The Hall–Kier alpha value is -1.47. The molecule has 1 aromatic rings. The molecule has 25 heavy (non-hydrogen) atoms. The van der Waals surface area contributed by atoms with Crippen molar-refractivity contribution in [2.45, 2.75) is 56.6 Å². The maximum Gasteiger partial charge on any atom is 0.338 e. The van der Waals surface area contributed by atoms with Crippen LogP contribution < -0.4 is 0 Å². The van der Waals surface area contributed by atoms with Gasteiger partial charge in [0, 0.05) is 19.6 Å². The number of hydrogen-bond acceptors (Lipinski definition) is 6. The second kappa shape index (κ2) is 7.83. The summed E-state index contributed by atoms with van der Waals surface area (Å²) in [6.45, 7) is 2.09. The molecule has 0 bridgehead atoms. The van der Waals surface area contributed by atoms with E-state index in [1.165, 1.54) is 0 Å². The first-order chi connectivity index (χ1) is 12.3. The van der Waals surface area contributed by atoms with Gasteiger partial charge in [-0.2, -0.15) is 5.06 Å². The molecule has 0 radical (unpaired) electrons. The highest BCUT2D eigenvalue weighted by Crippen LogP contribution is 2.33. The number of carbonyl (C=O) groups excluding carboxylic acids is 1. The Morgan fingerprint density at radius 2 is 2.08 bits per heavy atom. The number of rotatable bonds is 5. The lowest BCUT2D eigenvalue weighted by molar-refractivity contribution is -0.206. The molecule has 3 heterocycles. The molecule has 3 aliphatic heterocycles. The fraction of sp³-hybridized carbons (Fsp3) is 0.632. The monoisotopic (exact) mass is 347 g/mol. The largest absolute Gasteiger partial charge is 0.457 e. The molecule has 0 spiro atoms. The van der Waals surface area contributed by atoms with Crippen molar-refractivity contribution in [2.75, 3.05) is 19.8 Å². The summed E-state index contributed by atoms with van der Waals surface area (Å²) in [5, 5.41) is 1.96. The third-order valence-electron chi connectivity index (χ3n) is 5.10. The SMILES string of the molecule is O=C(O[C@H]1CCN2O[C@@H](COC3CCCCO3)C[C@H]12)c1ccccc1. The molecule has 3 aliphatic rings. The summed E-state index contributed by atoms with van der Waals surface area (Å²) >= 11 is 0. The van der Waals surface area contributed by atoms with E-state index in [-0.39, 0.29) is 30.5 Å². The van der Waals surface area contributed by atoms with Gasteiger partial charge in [0.15, 0.2) is 6.29 Å². The lowest BCUT2D eigenvalue weighted by Crippen LogP contribution is -2.31. The number of nitrogens with zero attached hydrogens (tertiary/aromatic N) is 1. The van der Waals surface area contributed by atoms with Crippen LogP contribution in [0.3, 0.4) is 0 Å². The van der Waals surface area contributed by atoms with Gasteiger partial charge < -0.3 is 14.2 Å². The van der Waals surface area contributed by atoms with E-state index in [2.05, 4.69) is 0 Å². The van der Waals surface area contributed by atoms with Crippen molar-refractivity contribution < 1.29 is 23.8 Å². The summed E-state index contributed by atoms with van der Waals surface area (Å²) in [4.78, 5) is 18.2. The third kappa shape index (κ3) is 4.03. The van der Waals surface area contributed by atoms with E-state index >= 15 is 0 Å². The van der Waals surface area contributed by atoms with Crippen molar-refractivity contribution in [1.82, 2.24) is 5.06 Å². The summed E-state index contributed by atoms with van der Waals surface area (Å²) in [5.41, 5.74) is 0.592. The summed E-state index contributed by atoms with van der Waals surface area (Å²) in [5.74, 6) is -0.261. The van der Waals surface area contributed by atoms with Gasteiger partial charge in [-0.25, -0.2) is 4.79 Å². The lowest BCUT2D eigenvalue weighted by atomic mass is 10.1. The number of hydroxylamine groups is 2. The summed E-state index contributed by atoms with van der Waals surface area (Å²) in [6.07, 6.45) is 4.64. The molecule has 0 N–H and O–H groups in total. The fourth-order valence-electron chi connectivity index (χ4n) is 3.78. The van der Waals surface area contributed by atoms with Crippen molar-refractivity contribution >= 4 is 5.97 Å². The molecular weight excluding hydrogens is 322 g/mol. The minimum absolute atomic E-state index is 0.00811. The maximum atomic E-state index is 12.3. The molecule has 0 saturated carbocycles. The second-order valence-corrected chi connectivity index (χ2v) is 6.90. The van der Waals surface area contributed by atoms with E-state index in [1.54, 1.807) is 12.1 Å². The molecular formula is C19H25NO5. The highest BCUT2D eigenvalue weighted by molar-refractivity contribution is 5.89. The van der Waals surface area contributed by atoms with E-state index in [0.717, 1.165) is 45.3 Å². The Morgan fingerprint density at radius 1 is 1.20 bits per heavy atom. The highest BCUT2D eigenvalue weighted by Gasteiger charge is 2.45. The van der Waals surface area contributed by atoms with Gasteiger partial charge in [0.2, 0.25) is 0 Å². The molecule has 4 atom stereocenters. The Kier molecular flexibility index (Phi) is 5.31. The molecule has 136 valence electrons. The van der Waals surface area contributed by atoms with Crippen LogP contribution in [0.15, 0.2) is 30.3 Å². The van der Waals surface area contributed by atoms with E-state index in [4.69, 9.17) is 19.0 Å². The van der Waals surface area contributed by atoms with Crippen molar-refractivity contribution in [3.05, 3.63) is 35.9 Å². The first-order valence-electron chi connectivity index (χ1n) is 9.22. The Labute approximate surface area is 147 Å². The quantitative estimate of drug-likeness (QED) is 0.763.